The van der Waals surface area contributed by atoms with Crippen LogP contribution in [0.3, 0.4) is 0 Å². The maximum Gasteiger partial charge on any atom is 0.237 e. The van der Waals surface area contributed by atoms with E-state index in [4.69, 9.17) is 14.2 Å². The van der Waals surface area contributed by atoms with Gasteiger partial charge in [-0.25, -0.2) is 0 Å². The first-order valence-electron chi connectivity index (χ1n) is 9.95. The molecule has 29 heavy (non-hydrogen) atoms. The van der Waals surface area contributed by atoms with Crippen molar-refractivity contribution in [2.24, 2.45) is 0 Å². The van der Waals surface area contributed by atoms with Gasteiger partial charge < -0.3 is 19.1 Å². The third kappa shape index (κ3) is 5.21. The molecule has 0 fully saturated rings. The van der Waals surface area contributed by atoms with E-state index in [2.05, 4.69) is 0 Å². The van der Waals surface area contributed by atoms with Gasteiger partial charge in [0.1, 0.15) is 5.75 Å². The molecule has 6 heteroatoms. The first kappa shape index (κ1) is 21.0. The zero-order chi connectivity index (χ0) is 20.8. The number of hydrogen-bond acceptors (Lipinski definition) is 5. The normalized spacial score (nSPS) is 13.2. The lowest BCUT2D eigenvalue weighted by Crippen LogP contribution is -2.41. The first-order chi connectivity index (χ1) is 14.0. The molecule has 6 nitrogen and oxygen atoms in total. The lowest BCUT2D eigenvalue weighted by atomic mass is 9.98. The van der Waals surface area contributed by atoms with Crippen molar-refractivity contribution in [2.45, 2.75) is 26.4 Å². The smallest absolute Gasteiger partial charge is 0.237 e. The molecular weight excluding hydrogens is 368 g/mol. The summed E-state index contributed by atoms with van der Waals surface area (Å²) in [6, 6.07) is 12.0. The van der Waals surface area contributed by atoms with Crippen molar-refractivity contribution in [2.75, 3.05) is 41.0 Å². The Morgan fingerprint density at radius 3 is 2.34 bits per heavy atom. The number of nitrogens with zero attached hydrogens (tertiary/aromatic N) is 2. The summed E-state index contributed by atoms with van der Waals surface area (Å²) in [4.78, 5) is 16.8. The summed E-state index contributed by atoms with van der Waals surface area (Å²) < 4.78 is 16.3. The van der Waals surface area contributed by atoms with Crippen molar-refractivity contribution in [3.8, 4) is 17.2 Å². The van der Waals surface area contributed by atoms with Crippen LogP contribution >= 0.6 is 0 Å². The third-order valence-electron chi connectivity index (χ3n) is 5.16. The fraction of sp³-hybridized carbons (Fsp3) is 0.435. The second-order valence-electron chi connectivity index (χ2n) is 7.29. The molecule has 0 saturated carbocycles. The average molecular weight is 399 g/mol. The summed E-state index contributed by atoms with van der Waals surface area (Å²) in [5, 5.41) is 0. The Bertz CT molecular complexity index is 836. The molecule has 0 aliphatic carbocycles. The standard InChI is InChI=1S/C23H30N2O4/c1-5-29-20-8-6-17(7-9-20)14-24(2)16-23(26)25-11-10-18-12-21(27-3)22(28-4)13-19(18)15-25/h6-9,12-13H,5,10-11,14-16H2,1-4H3. The van der Waals surface area contributed by atoms with Gasteiger partial charge in [-0.2, -0.15) is 0 Å². The minimum Gasteiger partial charge on any atom is -0.494 e. The van der Waals surface area contributed by atoms with Gasteiger partial charge in [-0.3, -0.25) is 9.69 Å². The molecule has 0 N–H and O–H groups in total. The Labute approximate surface area is 173 Å². The summed E-state index contributed by atoms with van der Waals surface area (Å²) in [7, 11) is 5.25. The maximum atomic E-state index is 12.8. The van der Waals surface area contributed by atoms with Gasteiger partial charge in [0.15, 0.2) is 11.5 Å². The third-order valence-corrected chi connectivity index (χ3v) is 5.16. The fourth-order valence-corrected chi connectivity index (χ4v) is 3.65. The van der Waals surface area contributed by atoms with Crippen LogP contribution in [0.25, 0.3) is 0 Å². The molecule has 0 aromatic heterocycles. The Balaban J connectivity index is 1.58. The van der Waals surface area contributed by atoms with E-state index < -0.39 is 0 Å². The lowest BCUT2D eigenvalue weighted by molar-refractivity contribution is -0.133. The van der Waals surface area contributed by atoms with Crippen LogP contribution in [0.2, 0.25) is 0 Å². The summed E-state index contributed by atoms with van der Waals surface area (Å²) in [5.74, 6) is 2.45. The molecule has 0 unspecified atom stereocenters. The van der Waals surface area contributed by atoms with Gasteiger partial charge in [-0.1, -0.05) is 12.1 Å². The van der Waals surface area contributed by atoms with Crippen LogP contribution < -0.4 is 14.2 Å². The molecule has 0 atom stereocenters. The van der Waals surface area contributed by atoms with Gasteiger partial charge in [0, 0.05) is 19.6 Å². The number of methoxy groups -OCH3 is 2. The Morgan fingerprint density at radius 2 is 1.72 bits per heavy atom. The van der Waals surface area contributed by atoms with E-state index in [-0.39, 0.29) is 5.91 Å². The van der Waals surface area contributed by atoms with E-state index in [0.717, 1.165) is 35.6 Å². The van der Waals surface area contributed by atoms with Gasteiger partial charge in [-0.15, -0.1) is 0 Å². The molecule has 0 spiro atoms. The predicted octanol–water partition coefficient (Wildman–Crippen LogP) is 3.12. The van der Waals surface area contributed by atoms with Crippen molar-refractivity contribution in [3.63, 3.8) is 0 Å². The van der Waals surface area contributed by atoms with Crippen LogP contribution in [0.5, 0.6) is 17.2 Å². The summed E-state index contributed by atoms with van der Waals surface area (Å²) in [6.45, 7) is 5.05. The van der Waals surface area contributed by atoms with Crippen molar-refractivity contribution in [3.05, 3.63) is 53.1 Å². The molecule has 156 valence electrons. The topological polar surface area (TPSA) is 51.2 Å². The highest BCUT2D eigenvalue weighted by molar-refractivity contribution is 5.78. The SMILES string of the molecule is CCOc1ccc(CN(C)CC(=O)N2CCc3cc(OC)c(OC)cc3C2)cc1. The van der Waals surface area contributed by atoms with Gasteiger partial charge in [0.25, 0.3) is 0 Å². The number of likely N-dealkylation sites (N-methyl/N-ethyl adjacent to an activating group) is 1. The average Bonchev–Trinajstić information content (AvgIpc) is 2.73. The van der Waals surface area contributed by atoms with Crippen LogP contribution in [0.1, 0.15) is 23.6 Å². The van der Waals surface area contributed by atoms with E-state index in [0.29, 0.717) is 32.0 Å². The number of fused-ring (bicyclic) bond motifs is 1. The van der Waals surface area contributed by atoms with E-state index in [1.54, 1.807) is 14.2 Å². The van der Waals surface area contributed by atoms with E-state index in [1.807, 2.05) is 60.2 Å². The molecular formula is C23H30N2O4. The van der Waals surface area contributed by atoms with E-state index in [9.17, 15) is 4.79 Å². The monoisotopic (exact) mass is 398 g/mol. The van der Waals surface area contributed by atoms with Crippen molar-refractivity contribution < 1.29 is 19.0 Å². The molecule has 2 aromatic rings. The van der Waals surface area contributed by atoms with Crippen molar-refractivity contribution >= 4 is 5.91 Å². The van der Waals surface area contributed by atoms with Crippen LogP contribution in [-0.2, 0) is 24.3 Å². The van der Waals surface area contributed by atoms with Gasteiger partial charge >= 0.3 is 0 Å². The molecule has 3 rings (SSSR count). The van der Waals surface area contributed by atoms with Crippen LogP contribution in [-0.4, -0.2) is 56.7 Å². The quantitative estimate of drug-likeness (QED) is 0.684. The van der Waals surface area contributed by atoms with Gasteiger partial charge in [0.2, 0.25) is 5.91 Å². The number of ether oxygens (including phenoxy) is 3. The fourth-order valence-electron chi connectivity index (χ4n) is 3.65. The van der Waals surface area contributed by atoms with Crippen LogP contribution in [0, 0.1) is 0 Å². The molecule has 1 heterocycles. The highest BCUT2D eigenvalue weighted by Crippen LogP contribution is 2.33. The zero-order valence-corrected chi connectivity index (χ0v) is 17.7. The highest BCUT2D eigenvalue weighted by Gasteiger charge is 2.23. The second-order valence-corrected chi connectivity index (χ2v) is 7.29. The van der Waals surface area contributed by atoms with Crippen molar-refractivity contribution in [1.82, 2.24) is 9.80 Å². The summed E-state index contributed by atoms with van der Waals surface area (Å²) >= 11 is 0. The molecule has 1 amide bonds. The van der Waals surface area contributed by atoms with E-state index >= 15 is 0 Å². The van der Waals surface area contributed by atoms with Crippen LogP contribution in [0.4, 0.5) is 0 Å². The van der Waals surface area contributed by atoms with Gasteiger partial charge in [0.05, 0.1) is 27.4 Å². The van der Waals surface area contributed by atoms with E-state index in [1.165, 1.54) is 5.56 Å². The largest absolute Gasteiger partial charge is 0.494 e. The number of rotatable bonds is 8. The number of hydrogen-bond donors (Lipinski definition) is 0. The Kier molecular flexibility index (Phi) is 6.99. The zero-order valence-electron chi connectivity index (χ0n) is 17.7. The molecule has 0 bridgehead atoms. The summed E-state index contributed by atoms with van der Waals surface area (Å²) in [5.41, 5.74) is 3.50. The maximum absolute atomic E-state index is 12.8. The highest BCUT2D eigenvalue weighted by atomic mass is 16.5. The number of carbonyl (C=O) groups is 1. The van der Waals surface area contributed by atoms with Crippen LogP contribution in [0.15, 0.2) is 36.4 Å². The lowest BCUT2D eigenvalue weighted by Gasteiger charge is -2.31. The Morgan fingerprint density at radius 1 is 1.07 bits per heavy atom. The molecule has 1 aliphatic rings. The number of amides is 1. The summed E-state index contributed by atoms with van der Waals surface area (Å²) in [6.07, 6.45) is 0.823. The Hall–Kier alpha value is -2.73. The number of carbonyl (C=O) groups excluding carboxylic acids is 1. The minimum absolute atomic E-state index is 0.138. The molecule has 0 radical (unpaired) electrons. The molecule has 1 aliphatic heterocycles. The number of benzene rings is 2. The predicted molar refractivity (Wildman–Crippen MR) is 113 cm³/mol. The van der Waals surface area contributed by atoms with Crippen molar-refractivity contribution in [1.29, 1.82) is 0 Å². The minimum atomic E-state index is 0.138. The molecule has 0 saturated heterocycles. The first-order valence-corrected chi connectivity index (χ1v) is 9.95. The van der Waals surface area contributed by atoms with Gasteiger partial charge in [-0.05, 0) is 61.3 Å². The second kappa shape index (κ2) is 9.65. The molecule has 2 aromatic carbocycles.